The summed E-state index contributed by atoms with van der Waals surface area (Å²) in [7, 11) is -1.93. The molecule has 0 heterocycles. The van der Waals surface area contributed by atoms with Crippen molar-refractivity contribution in [2.24, 2.45) is 0 Å². The number of rotatable bonds is 13. The molecule has 5 heteroatoms. The molecule has 124 valence electrons. The number of esters is 1. The zero-order valence-corrected chi connectivity index (χ0v) is 15.2. The highest BCUT2D eigenvalue weighted by Crippen LogP contribution is 2.18. The molecule has 0 aromatic rings. The van der Waals surface area contributed by atoms with Gasteiger partial charge in [0, 0.05) is 18.8 Å². The number of unbranched alkanes of at least 4 members (excludes halogenated alkanes) is 4. The summed E-state index contributed by atoms with van der Waals surface area (Å²) in [5.41, 5.74) is 0.464. The van der Waals surface area contributed by atoms with Gasteiger partial charge in [0.15, 0.2) is 0 Å². The second kappa shape index (κ2) is 11.9. The molecule has 0 amide bonds. The standard InChI is InChI=1S/C16H32O4Si/c1-6-19-21(5,20-7-2)14-12-10-8-9-11-13-18-16(17)15(3)4/h3,6-14H2,1-2,4-5H3. The maximum absolute atomic E-state index is 11.2. The van der Waals surface area contributed by atoms with Crippen LogP contribution in [0, 0.1) is 0 Å². The Morgan fingerprint density at radius 3 is 2.05 bits per heavy atom. The molecular formula is C16H32O4Si. The summed E-state index contributed by atoms with van der Waals surface area (Å²) in [6.45, 7) is 13.4. The minimum atomic E-state index is -1.93. The molecule has 0 fully saturated rings. The van der Waals surface area contributed by atoms with Gasteiger partial charge >= 0.3 is 14.5 Å². The van der Waals surface area contributed by atoms with Crippen LogP contribution < -0.4 is 0 Å². The lowest BCUT2D eigenvalue weighted by molar-refractivity contribution is -0.139. The summed E-state index contributed by atoms with van der Waals surface area (Å²) >= 11 is 0. The van der Waals surface area contributed by atoms with Crippen LogP contribution in [0.4, 0.5) is 0 Å². The molecule has 0 rings (SSSR count). The fourth-order valence-electron chi connectivity index (χ4n) is 2.16. The van der Waals surface area contributed by atoms with E-state index in [-0.39, 0.29) is 5.97 Å². The van der Waals surface area contributed by atoms with E-state index in [4.69, 9.17) is 13.6 Å². The first-order valence-corrected chi connectivity index (χ1v) is 10.6. The monoisotopic (exact) mass is 316 g/mol. The molecule has 0 aromatic carbocycles. The molecular weight excluding hydrogens is 284 g/mol. The first-order chi connectivity index (χ1) is 9.95. The van der Waals surface area contributed by atoms with Gasteiger partial charge in [0.05, 0.1) is 6.61 Å². The van der Waals surface area contributed by atoms with Crippen LogP contribution in [0.1, 0.15) is 52.9 Å². The van der Waals surface area contributed by atoms with Crippen molar-refractivity contribution in [3.05, 3.63) is 12.2 Å². The van der Waals surface area contributed by atoms with Gasteiger partial charge in [0.2, 0.25) is 0 Å². The van der Waals surface area contributed by atoms with Crippen LogP contribution in [0.5, 0.6) is 0 Å². The van der Waals surface area contributed by atoms with E-state index >= 15 is 0 Å². The normalized spacial score (nSPS) is 11.4. The predicted octanol–water partition coefficient (Wildman–Crippen LogP) is 4.20. The van der Waals surface area contributed by atoms with Crippen LogP contribution in [-0.4, -0.2) is 34.4 Å². The van der Waals surface area contributed by atoms with E-state index < -0.39 is 8.56 Å². The molecule has 0 unspecified atom stereocenters. The smallest absolute Gasteiger partial charge is 0.334 e. The summed E-state index contributed by atoms with van der Waals surface area (Å²) in [4.78, 5) is 11.2. The quantitative estimate of drug-likeness (QED) is 0.221. The molecule has 0 saturated carbocycles. The van der Waals surface area contributed by atoms with Gasteiger partial charge in [-0.15, -0.1) is 0 Å². The van der Waals surface area contributed by atoms with E-state index in [0.717, 1.165) is 44.9 Å². The average molecular weight is 317 g/mol. The van der Waals surface area contributed by atoms with Crippen LogP contribution in [0.15, 0.2) is 12.2 Å². The largest absolute Gasteiger partial charge is 0.462 e. The molecule has 0 aromatic heterocycles. The third-order valence-electron chi connectivity index (χ3n) is 3.26. The fraction of sp³-hybridized carbons (Fsp3) is 0.812. The Morgan fingerprint density at radius 1 is 1.00 bits per heavy atom. The first-order valence-electron chi connectivity index (χ1n) is 8.05. The lowest BCUT2D eigenvalue weighted by atomic mass is 10.2. The van der Waals surface area contributed by atoms with Crippen LogP contribution in [-0.2, 0) is 18.4 Å². The summed E-state index contributed by atoms with van der Waals surface area (Å²) < 4.78 is 16.7. The Kier molecular flexibility index (Phi) is 11.6. The molecule has 4 nitrogen and oxygen atoms in total. The van der Waals surface area contributed by atoms with Crippen molar-refractivity contribution < 1.29 is 18.4 Å². The van der Waals surface area contributed by atoms with E-state index in [1.807, 2.05) is 13.8 Å². The number of carbonyl (C=O) groups excluding carboxylic acids is 1. The van der Waals surface area contributed by atoms with Gasteiger partial charge in [-0.2, -0.15) is 0 Å². The van der Waals surface area contributed by atoms with Gasteiger partial charge in [0.1, 0.15) is 0 Å². The van der Waals surface area contributed by atoms with Crippen LogP contribution in [0.25, 0.3) is 0 Å². The van der Waals surface area contributed by atoms with Crippen molar-refractivity contribution >= 4 is 14.5 Å². The third kappa shape index (κ3) is 10.7. The van der Waals surface area contributed by atoms with Gasteiger partial charge < -0.3 is 13.6 Å². The van der Waals surface area contributed by atoms with Gasteiger partial charge in [-0.1, -0.05) is 32.3 Å². The van der Waals surface area contributed by atoms with E-state index in [9.17, 15) is 4.79 Å². The average Bonchev–Trinajstić information content (AvgIpc) is 2.41. The van der Waals surface area contributed by atoms with Crippen molar-refractivity contribution in [2.45, 2.75) is 65.5 Å². The molecule has 21 heavy (non-hydrogen) atoms. The Balaban J connectivity index is 3.58. The fourth-order valence-corrected chi connectivity index (χ4v) is 4.65. The lowest BCUT2D eigenvalue weighted by Gasteiger charge is -2.25. The summed E-state index contributed by atoms with van der Waals surface area (Å²) in [6, 6.07) is 1.05. The summed E-state index contributed by atoms with van der Waals surface area (Å²) in [5, 5.41) is 0. The van der Waals surface area contributed by atoms with Crippen molar-refractivity contribution in [1.82, 2.24) is 0 Å². The van der Waals surface area contributed by atoms with E-state index in [1.54, 1.807) is 6.92 Å². The number of ether oxygens (including phenoxy) is 1. The SMILES string of the molecule is C=C(C)C(=O)OCCCCCCC[Si](C)(OCC)OCC. The highest BCUT2D eigenvalue weighted by atomic mass is 28.4. The lowest BCUT2D eigenvalue weighted by Crippen LogP contribution is -2.38. The molecule has 0 atom stereocenters. The van der Waals surface area contributed by atoms with Gasteiger partial charge in [-0.3, -0.25) is 0 Å². The van der Waals surface area contributed by atoms with Gasteiger partial charge in [-0.05, 0) is 39.8 Å². The molecule has 0 bridgehead atoms. The zero-order valence-electron chi connectivity index (χ0n) is 14.2. The highest BCUT2D eigenvalue weighted by molar-refractivity contribution is 6.66. The number of hydrogen-bond acceptors (Lipinski definition) is 4. The minimum absolute atomic E-state index is 0.287. The first kappa shape index (κ1) is 20.3. The molecule has 0 aliphatic carbocycles. The number of hydrogen-bond donors (Lipinski definition) is 0. The van der Waals surface area contributed by atoms with E-state index in [2.05, 4.69) is 13.1 Å². The van der Waals surface area contributed by atoms with Crippen molar-refractivity contribution in [2.75, 3.05) is 19.8 Å². The Labute approximate surface area is 131 Å². The molecule has 0 radical (unpaired) electrons. The molecule has 0 spiro atoms. The van der Waals surface area contributed by atoms with Gasteiger partial charge in [-0.25, -0.2) is 4.79 Å². The van der Waals surface area contributed by atoms with Crippen LogP contribution >= 0.6 is 0 Å². The van der Waals surface area contributed by atoms with Crippen LogP contribution in [0.3, 0.4) is 0 Å². The zero-order chi connectivity index (χ0) is 16.1. The number of carbonyl (C=O) groups is 1. The minimum Gasteiger partial charge on any atom is -0.462 e. The molecule has 0 aliphatic rings. The highest BCUT2D eigenvalue weighted by Gasteiger charge is 2.29. The van der Waals surface area contributed by atoms with Crippen molar-refractivity contribution in [3.8, 4) is 0 Å². The summed E-state index contributed by atoms with van der Waals surface area (Å²) in [6.07, 6.45) is 5.49. The molecule has 0 saturated heterocycles. The van der Waals surface area contributed by atoms with Crippen LogP contribution in [0.2, 0.25) is 12.6 Å². The van der Waals surface area contributed by atoms with Gasteiger partial charge in [0.25, 0.3) is 0 Å². The second-order valence-corrected chi connectivity index (χ2v) is 8.78. The Bertz CT molecular complexity index is 299. The Morgan fingerprint density at radius 2 is 1.52 bits per heavy atom. The maximum Gasteiger partial charge on any atom is 0.334 e. The summed E-state index contributed by atoms with van der Waals surface area (Å²) in [5.74, 6) is -0.287. The third-order valence-corrected chi connectivity index (χ3v) is 6.32. The predicted molar refractivity (Wildman–Crippen MR) is 88.5 cm³/mol. The van der Waals surface area contributed by atoms with E-state index in [1.165, 1.54) is 6.42 Å². The second-order valence-electron chi connectivity index (χ2n) is 5.43. The topological polar surface area (TPSA) is 44.8 Å². The van der Waals surface area contributed by atoms with E-state index in [0.29, 0.717) is 12.2 Å². The van der Waals surface area contributed by atoms with Crippen molar-refractivity contribution in [1.29, 1.82) is 0 Å². The maximum atomic E-state index is 11.2. The van der Waals surface area contributed by atoms with Crippen molar-refractivity contribution in [3.63, 3.8) is 0 Å². The molecule has 0 aliphatic heterocycles. The Hall–Kier alpha value is -0.653. The molecule has 0 N–H and O–H groups in total.